The van der Waals surface area contributed by atoms with Crippen molar-refractivity contribution in [2.24, 2.45) is 0 Å². The van der Waals surface area contributed by atoms with Gasteiger partial charge in [0.2, 0.25) is 0 Å². The van der Waals surface area contributed by atoms with Crippen LogP contribution in [0, 0.1) is 18.8 Å². The Bertz CT molecular complexity index is 1350. The molecule has 38 heavy (non-hydrogen) atoms. The van der Waals surface area contributed by atoms with Gasteiger partial charge < -0.3 is 25.0 Å². The number of aliphatic carboxylic acids is 1. The van der Waals surface area contributed by atoms with Crippen LogP contribution in [0.15, 0.2) is 42.5 Å². The average Bonchev–Trinajstić information content (AvgIpc) is 3.20. The average molecular weight is 530 g/mol. The maximum absolute atomic E-state index is 13.2. The first-order valence-electron chi connectivity index (χ1n) is 12.2. The first-order chi connectivity index (χ1) is 18.1. The van der Waals surface area contributed by atoms with Crippen LogP contribution < -0.4 is 15.4 Å². The molecule has 1 aromatic heterocycles. The zero-order chi connectivity index (χ0) is 27.7. The van der Waals surface area contributed by atoms with E-state index in [0.29, 0.717) is 48.3 Å². The maximum atomic E-state index is 13.2. The van der Waals surface area contributed by atoms with E-state index in [1.807, 2.05) is 13.0 Å². The number of hydrogen-bond acceptors (Lipinski definition) is 4. The predicted molar refractivity (Wildman–Crippen MR) is 140 cm³/mol. The minimum atomic E-state index is -4.38. The van der Waals surface area contributed by atoms with Gasteiger partial charge >= 0.3 is 12.1 Å². The summed E-state index contributed by atoms with van der Waals surface area (Å²) >= 11 is 0. The smallest absolute Gasteiger partial charge is 0.406 e. The summed E-state index contributed by atoms with van der Waals surface area (Å²) in [5.41, 5.74) is 2.61. The molecule has 1 amide bonds. The number of carbonyl (C=O) groups excluding carboxylic acids is 1. The second-order valence-electron chi connectivity index (χ2n) is 8.77. The lowest BCUT2D eigenvalue weighted by Gasteiger charge is -2.12. The number of anilines is 1. The normalized spacial score (nSPS) is 11.1. The fourth-order valence-corrected chi connectivity index (χ4v) is 4.02. The van der Waals surface area contributed by atoms with E-state index in [1.54, 1.807) is 36.4 Å². The summed E-state index contributed by atoms with van der Waals surface area (Å²) in [5, 5.41) is 15.3. The van der Waals surface area contributed by atoms with Crippen molar-refractivity contribution in [3.05, 3.63) is 59.3 Å². The minimum Gasteiger partial charge on any atom is -0.495 e. The number of nitrogens with one attached hydrogen (secondary N) is 2. The van der Waals surface area contributed by atoms with Crippen molar-refractivity contribution in [1.29, 1.82) is 0 Å². The molecule has 7 nitrogen and oxygen atoms in total. The number of carboxylic acid groups (broad SMARTS) is 1. The highest BCUT2D eigenvalue weighted by molar-refractivity contribution is 5.95. The topological polar surface area (TPSA) is 92.6 Å². The highest BCUT2D eigenvalue weighted by Crippen LogP contribution is 2.28. The van der Waals surface area contributed by atoms with Gasteiger partial charge in [-0.25, -0.2) is 0 Å². The number of alkyl halides is 3. The Hall–Kier alpha value is -4.13. The van der Waals surface area contributed by atoms with Crippen molar-refractivity contribution in [3.8, 4) is 17.6 Å². The number of aromatic nitrogens is 1. The summed E-state index contributed by atoms with van der Waals surface area (Å²) in [7, 11) is 1.47. The van der Waals surface area contributed by atoms with Gasteiger partial charge in [0.1, 0.15) is 12.3 Å². The zero-order valence-corrected chi connectivity index (χ0v) is 21.2. The molecule has 0 fully saturated rings. The van der Waals surface area contributed by atoms with Crippen LogP contribution in [0.3, 0.4) is 0 Å². The lowest BCUT2D eigenvalue weighted by Crippen LogP contribution is -2.24. The van der Waals surface area contributed by atoms with E-state index in [9.17, 15) is 22.8 Å². The van der Waals surface area contributed by atoms with Crippen molar-refractivity contribution in [3.63, 3.8) is 0 Å². The Morgan fingerprint density at radius 1 is 1.11 bits per heavy atom. The molecule has 3 rings (SSSR count). The van der Waals surface area contributed by atoms with Crippen molar-refractivity contribution in [1.82, 2.24) is 9.88 Å². The monoisotopic (exact) mass is 529 g/mol. The number of methoxy groups -OCH3 is 1. The molecule has 0 unspecified atom stereocenters. The third kappa shape index (κ3) is 7.93. The van der Waals surface area contributed by atoms with Gasteiger partial charge in [0.15, 0.2) is 0 Å². The number of hydrogen-bond donors (Lipinski definition) is 3. The molecule has 2 aromatic carbocycles. The quantitative estimate of drug-likeness (QED) is 0.230. The number of rotatable bonds is 11. The molecule has 0 atom stereocenters. The third-order valence-corrected chi connectivity index (χ3v) is 5.90. The number of carboxylic acids is 1. The molecular formula is C28H30F3N3O4. The van der Waals surface area contributed by atoms with E-state index in [0.717, 1.165) is 10.9 Å². The number of carbonyl (C=O) groups is 2. The SMILES string of the molecule is COc1cc(C(=O)NCCCCCC(=O)O)ccc1NCC#Cc1cc2c(C)cccc2n1CC(F)(F)F. The molecule has 202 valence electrons. The second kappa shape index (κ2) is 12.9. The second-order valence-corrected chi connectivity index (χ2v) is 8.77. The number of amides is 1. The van der Waals surface area contributed by atoms with Gasteiger partial charge in [-0.2, -0.15) is 13.2 Å². The molecule has 3 N–H and O–H groups in total. The number of halogens is 3. The van der Waals surface area contributed by atoms with Gasteiger partial charge in [-0.15, -0.1) is 0 Å². The van der Waals surface area contributed by atoms with Gasteiger partial charge in [0.05, 0.1) is 25.0 Å². The van der Waals surface area contributed by atoms with E-state index in [2.05, 4.69) is 22.5 Å². The lowest BCUT2D eigenvalue weighted by molar-refractivity contribution is -0.140. The molecule has 3 aromatic rings. The molecule has 0 aliphatic heterocycles. The van der Waals surface area contributed by atoms with Crippen molar-refractivity contribution in [2.75, 3.05) is 25.5 Å². The largest absolute Gasteiger partial charge is 0.495 e. The summed E-state index contributed by atoms with van der Waals surface area (Å²) < 4.78 is 46.2. The molecule has 0 saturated carbocycles. The lowest BCUT2D eigenvalue weighted by atomic mass is 10.1. The van der Waals surface area contributed by atoms with Crippen LogP contribution in [0.4, 0.5) is 18.9 Å². The first-order valence-corrected chi connectivity index (χ1v) is 12.2. The molecule has 0 radical (unpaired) electrons. The Morgan fingerprint density at radius 3 is 2.61 bits per heavy atom. The Morgan fingerprint density at radius 2 is 1.89 bits per heavy atom. The number of fused-ring (bicyclic) bond motifs is 1. The summed E-state index contributed by atoms with van der Waals surface area (Å²) in [6.45, 7) is 1.29. The Kier molecular flexibility index (Phi) is 9.66. The van der Waals surface area contributed by atoms with E-state index < -0.39 is 18.7 Å². The van der Waals surface area contributed by atoms with Gasteiger partial charge in [-0.1, -0.05) is 24.5 Å². The van der Waals surface area contributed by atoms with Crippen molar-refractivity contribution in [2.45, 2.75) is 45.3 Å². The highest BCUT2D eigenvalue weighted by Gasteiger charge is 2.29. The van der Waals surface area contributed by atoms with Crippen LogP contribution in [0.1, 0.15) is 47.3 Å². The molecule has 10 heteroatoms. The van der Waals surface area contributed by atoms with Crippen LogP contribution in [0.25, 0.3) is 10.9 Å². The number of aryl methyl sites for hydroxylation is 1. The van der Waals surface area contributed by atoms with E-state index in [1.165, 1.54) is 11.7 Å². The zero-order valence-electron chi connectivity index (χ0n) is 21.2. The Balaban J connectivity index is 1.64. The number of ether oxygens (including phenoxy) is 1. The molecule has 0 bridgehead atoms. The molecule has 0 spiro atoms. The summed E-state index contributed by atoms with van der Waals surface area (Å²) in [5.74, 6) is 5.03. The fourth-order valence-electron chi connectivity index (χ4n) is 4.02. The maximum Gasteiger partial charge on any atom is 0.406 e. The molecule has 0 saturated heterocycles. The number of nitrogens with zero attached hydrogens (tertiary/aromatic N) is 1. The third-order valence-electron chi connectivity index (χ3n) is 5.90. The molecular weight excluding hydrogens is 499 g/mol. The Labute approximate surface area is 219 Å². The van der Waals surface area contributed by atoms with Gasteiger partial charge in [0, 0.05) is 29.4 Å². The van der Waals surface area contributed by atoms with E-state index in [4.69, 9.17) is 9.84 Å². The molecule has 1 heterocycles. The standard InChI is InChI=1S/C28H30F3N3O4/c1-19-8-6-10-24-22(19)17-21(34(24)18-28(29,30)31)9-7-15-32-23-13-12-20(16-25(23)38-2)27(37)33-14-5-3-4-11-26(35)36/h6,8,10,12-13,16-17,32H,3-5,11,14-15,18H2,1-2H3,(H,33,37)(H,35,36). The number of unbranched alkanes of at least 4 members (excludes halogenated alkanes) is 2. The van der Waals surface area contributed by atoms with Crippen LogP contribution in [0.2, 0.25) is 0 Å². The predicted octanol–water partition coefficient (Wildman–Crippen LogP) is 5.36. The van der Waals surface area contributed by atoms with Crippen LogP contribution >= 0.6 is 0 Å². The fraction of sp³-hybridized carbons (Fsp3) is 0.357. The first kappa shape index (κ1) is 28.4. The van der Waals surface area contributed by atoms with Gasteiger partial charge in [-0.05, 0) is 61.6 Å². The van der Waals surface area contributed by atoms with Crippen molar-refractivity contribution >= 4 is 28.5 Å². The van der Waals surface area contributed by atoms with Crippen LogP contribution in [-0.2, 0) is 11.3 Å². The van der Waals surface area contributed by atoms with E-state index in [-0.39, 0.29) is 24.6 Å². The minimum absolute atomic E-state index is 0.112. The van der Waals surface area contributed by atoms with Gasteiger partial charge in [0.25, 0.3) is 5.91 Å². The summed E-state index contributed by atoms with van der Waals surface area (Å²) in [4.78, 5) is 23.0. The van der Waals surface area contributed by atoms with Crippen molar-refractivity contribution < 1.29 is 32.6 Å². The van der Waals surface area contributed by atoms with Crippen LogP contribution in [-0.4, -0.2) is 47.9 Å². The van der Waals surface area contributed by atoms with Crippen LogP contribution in [0.5, 0.6) is 5.75 Å². The van der Waals surface area contributed by atoms with E-state index >= 15 is 0 Å². The summed E-state index contributed by atoms with van der Waals surface area (Å²) in [6, 6.07) is 11.8. The number of benzene rings is 2. The highest BCUT2D eigenvalue weighted by atomic mass is 19.4. The summed E-state index contributed by atoms with van der Waals surface area (Å²) in [6.07, 6.45) is -2.33. The molecule has 0 aliphatic rings. The van der Waals surface area contributed by atoms with Gasteiger partial charge in [-0.3, -0.25) is 9.59 Å². The molecule has 0 aliphatic carbocycles.